The number of halogens is 1. The van der Waals surface area contributed by atoms with Crippen molar-refractivity contribution < 1.29 is 42.9 Å². The van der Waals surface area contributed by atoms with Crippen LogP contribution in [-0.4, -0.2) is 75.1 Å². The zero-order valence-electron chi connectivity index (χ0n) is 26.5. The van der Waals surface area contributed by atoms with Crippen molar-refractivity contribution in [3.63, 3.8) is 0 Å². The summed E-state index contributed by atoms with van der Waals surface area (Å²) in [6.45, 7) is 3.42. The molecule has 2 aromatic carbocycles. The quantitative estimate of drug-likeness (QED) is 0.137. The van der Waals surface area contributed by atoms with Crippen molar-refractivity contribution in [3.05, 3.63) is 82.0 Å². The van der Waals surface area contributed by atoms with E-state index in [1.54, 1.807) is 62.4 Å². The van der Waals surface area contributed by atoms with E-state index in [4.69, 9.17) is 36.3 Å². The maximum atomic E-state index is 13.3. The lowest BCUT2D eigenvalue weighted by atomic mass is 9.75. The summed E-state index contributed by atoms with van der Waals surface area (Å²) < 4.78 is 21.3. The Labute approximate surface area is 277 Å². The standard InChI is InChI=1S/C33H39ClN4O9/c1-4-46-32(42)29-25(37-20(2)27(31(41)44-3)28(29)22-12-8-9-13-23(22)34)19-45-17-16-36-26(39)15-14-24(30(35)40)38-33(43)47-18-21-10-6-5-7-11-21/h5-13,24,27-28H,4,14-19H2,1-3H3,(H2,35,40)(H,36,39)(H,38,43)/t24-,27?,28?/m0/s1. The maximum absolute atomic E-state index is 13.3. The molecule has 14 heteroatoms. The Morgan fingerprint density at radius 2 is 1.70 bits per heavy atom. The van der Waals surface area contributed by atoms with E-state index in [1.807, 2.05) is 6.07 Å². The number of carbonyl (C=O) groups is 5. The summed E-state index contributed by atoms with van der Waals surface area (Å²) >= 11 is 6.52. The lowest BCUT2D eigenvalue weighted by Gasteiger charge is -2.32. The van der Waals surface area contributed by atoms with Gasteiger partial charge in [-0.05, 0) is 37.5 Å². The van der Waals surface area contributed by atoms with Gasteiger partial charge in [0, 0.05) is 29.6 Å². The number of nitrogens with one attached hydrogen (secondary N) is 2. The van der Waals surface area contributed by atoms with Crippen LogP contribution in [-0.2, 0) is 44.7 Å². The number of nitrogens with zero attached hydrogens (tertiary/aromatic N) is 1. The third kappa shape index (κ3) is 10.6. The van der Waals surface area contributed by atoms with Gasteiger partial charge in [0.25, 0.3) is 0 Å². The molecule has 3 atom stereocenters. The van der Waals surface area contributed by atoms with Crippen LogP contribution >= 0.6 is 11.6 Å². The molecular weight excluding hydrogens is 632 g/mol. The molecule has 0 saturated carbocycles. The van der Waals surface area contributed by atoms with E-state index in [-0.39, 0.29) is 57.1 Å². The van der Waals surface area contributed by atoms with Crippen LogP contribution in [0.15, 0.2) is 70.9 Å². The minimum absolute atomic E-state index is 0.00816. The Balaban J connectivity index is 1.58. The number of aliphatic imine (C=N–C) groups is 1. The third-order valence-corrected chi connectivity index (χ3v) is 7.57. The molecule has 0 saturated heterocycles. The normalized spacial score (nSPS) is 16.4. The van der Waals surface area contributed by atoms with Gasteiger partial charge >= 0.3 is 18.0 Å². The highest BCUT2D eigenvalue weighted by Crippen LogP contribution is 2.42. The fourth-order valence-corrected chi connectivity index (χ4v) is 5.23. The van der Waals surface area contributed by atoms with Crippen molar-refractivity contribution in [2.45, 2.75) is 45.3 Å². The minimum Gasteiger partial charge on any atom is -0.468 e. The summed E-state index contributed by atoms with van der Waals surface area (Å²) in [5.74, 6) is -4.23. The summed E-state index contributed by atoms with van der Waals surface area (Å²) in [5.41, 5.74) is 7.48. The molecule has 1 aliphatic rings. The van der Waals surface area contributed by atoms with Gasteiger partial charge in [0.1, 0.15) is 18.6 Å². The Morgan fingerprint density at radius 1 is 1.00 bits per heavy atom. The van der Waals surface area contributed by atoms with E-state index in [9.17, 15) is 24.0 Å². The average molecular weight is 671 g/mol. The molecule has 3 amide bonds. The summed E-state index contributed by atoms with van der Waals surface area (Å²) in [5, 5.41) is 5.40. The second-order valence-electron chi connectivity index (χ2n) is 10.4. The van der Waals surface area contributed by atoms with Crippen molar-refractivity contribution in [3.8, 4) is 0 Å². The topological polar surface area (TPSA) is 185 Å². The molecule has 0 aliphatic carbocycles. The second kappa shape index (κ2) is 18.4. The lowest BCUT2D eigenvalue weighted by molar-refractivity contribution is -0.144. The fraction of sp³-hybridized carbons (Fsp3) is 0.394. The zero-order valence-corrected chi connectivity index (χ0v) is 27.2. The minimum atomic E-state index is -1.11. The number of carbonyl (C=O) groups excluding carboxylic acids is 5. The zero-order chi connectivity index (χ0) is 34.3. The van der Waals surface area contributed by atoms with E-state index in [1.165, 1.54) is 7.11 Å². The van der Waals surface area contributed by atoms with Gasteiger partial charge in [0.2, 0.25) is 11.8 Å². The van der Waals surface area contributed by atoms with E-state index in [0.717, 1.165) is 5.56 Å². The van der Waals surface area contributed by atoms with Crippen LogP contribution in [0.5, 0.6) is 0 Å². The van der Waals surface area contributed by atoms with Crippen LogP contribution in [0.1, 0.15) is 43.7 Å². The number of benzene rings is 2. The highest BCUT2D eigenvalue weighted by molar-refractivity contribution is 6.31. The van der Waals surface area contributed by atoms with Crippen molar-refractivity contribution in [2.75, 3.05) is 33.5 Å². The van der Waals surface area contributed by atoms with Crippen LogP contribution in [0.3, 0.4) is 0 Å². The molecule has 0 bridgehead atoms. The van der Waals surface area contributed by atoms with Gasteiger partial charge in [0.05, 0.1) is 38.2 Å². The van der Waals surface area contributed by atoms with Crippen molar-refractivity contribution >= 4 is 47.2 Å². The van der Waals surface area contributed by atoms with Gasteiger partial charge in [-0.1, -0.05) is 60.1 Å². The largest absolute Gasteiger partial charge is 0.468 e. The molecule has 2 unspecified atom stereocenters. The van der Waals surface area contributed by atoms with Crippen molar-refractivity contribution in [1.82, 2.24) is 10.6 Å². The predicted octanol–water partition coefficient (Wildman–Crippen LogP) is 3.20. The molecule has 0 fully saturated rings. The van der Waals surface area contributed by atoms with E-state index >= 15 is 0 Å². The van der Waals surface area contributed by atoms with Crippen LogP contribution in [0, 0.1) is 5.92 Å². The molecular formula is C33H39ClN4O9. The summed E-state index contributed by atoms with van der Waals surface area (Å²) in [7, 11) is 1.26. The third-order valence-electron chi connectivity index (χ3n) is 7.22. The summed E-state index contributed by atoms with van der Waals surface area (Å²) in [6, 6.07) is 14.8. The van der Waals surface area contributed by atoms with E-state index in [2.05, 4.69) is 15.6 Å². The van der Waals surface area contributed by atoms with Gasteiger partial charge in [-0.3, -0.25) is 19.4 Å². The van der Waals surface area contributed by atoms with Gasteiger partial charge < -0.3 is 35.3 Å². The first-order chi connectivity index (χ1) is 22.6. The van der Waals surface area contributed by atoms with E-state index < -0.39 is 47.7 Å². The second-order valence-corrected chi connectivity index (χ2v) is 10.8. The summed E-state index contributed by atoms with van der Waals surface area (Å²) in [6.07, 6.45) is -0.988. The average Bonchev–Trinajstić information content (AvgIpc) is 3.05. The van der Waals surface area contributed by atoms with Crippen molar-refractivity contribution in [1.29, 1.82) is 0 Å². The molecule has 13 nitrogen and oxygen atoms in total. The number of hydrogen-bond acceptors (Lipinski definition) is 10. The smallest absolute Gasteiger partial charge is 0.408 e. The van der Waals surface area contributed by atoms with Crippen molar-refractivity contribution in [2.24, 2.45) is 16.6 Å². The SMILES string of the molecule is CCOC(=O)C1=C(COCCNC(=O)CC[C@H](NC(=O)OCc2ccccc2)C(N)=O)N=C(C)C(C(=O)OC)C1c1ccccc1Cl. The highest BCUT2D eigenvalue weighted by atomic mass is 35.5. The molecule has 0 aromatic heterocycles. The van der Waals surface area contributed by atoms with Gasteiger partial charge in [-0.25, -0.2) is 9.59 Å². The number of esters is 2. The van der Waals surface area contributed by atoms with Crippen LogP contribution in [0.4, 0.5) is 4.79 Å². The fourth-order valence-electron chi connectivity index (χ4n) is 4.98. The first kappa shape index (κ1) is 36.7. The van der Waals surface area contributed by atoms with Crippen LogP contribution in [0.25, 0.3) is 0 Å². The number of rotatable bonds is 16. The van der Waals surface area contributed by atoms with Gasteiger partial charge in [-0.15, -0.1) is 0 Å². The van der Waals surface area contributed by atoms with Gasteiger partial charge in [-0.2, -0.15) is 0 Å². The summed E-state index contributed by atoms with van der Waals surface area (Å²) in [4.78, 5) is 67.1. The molecule has 1 heterocycles. The molecule has 4 N–H and O–H groups in total. The number of ether oxygens (including phenoxy) is 4. The first-order valence-corrected chi connectivity index (χ1v) is 15.3. The Bertz CT molecular complexity index is 1500. The monoisotopic (exact) mass is 670 g/mol. The Kier molecular flexibility index (Phi) is 14.4. The Hall–Kier alpha value is -4.75. The number of methoxy groups -OCH3 is 1. The number of amides is 3. The first-order valence-electron chi connectivity index (χ1n) is 15.0. The Morgan fingerprint density at radius 3 is 2.36 bits per heavy atom. The molecule has 0 spiro atoms. The van der Waals surface area contributed by atoms with Crippen LogP contribution < -0.4 is 16.4 Å². The maximum Gasteiger partial charge on any atom is 0.408 e. The predicted molar refractivity (Wildman–Crippen MR) is 172 cm³/mol. The molecule has 0 radical (unpaired) electrons. The molecule has 47 heavy (non-hydrogen) atoms. The number of hydrogen-bond donors (Lipinski definition) is 3. The lowest BCUT2D eigenvalue weighted by Crippen LogP contribution is -2.45. The van der Waals surface area contributed by atoms with Crippen LogP contribution in [0.2, 0.25) is 5.02 Å². The molecule has 252 valence electrons. The number of nitrogens with two attached hydrogens (primary N) is 1. The van der Waals surface area contributed by atoms with Gasteiger partial charge in [0.15, 0.2) is 0 Å². The molecule has 3 rings (SSSR count). The highest BCUT2D eigenvalue weighted by Gasteiger charge is 2.43. The number of alkyl carbamates (subject to hydrolysis) is 1. The van der Waals surface area contributed by atoms with E-state index in [0.29, 0.717) is 16.3 Å². The molecule has 2 aromatic rings. The number of primary amides is 1. The molecule has 1 aliphatic heterocycles.